The third-order valence-corrected chi connectivity index (χ3v) is 6.42. The topological polar surface area (TPSA) is 97.0 Å². The van der Waals surface area contributed by atoms with E-state index < -0.39 is 0 Å². The molecule has 1 amide bonds. The van der Waals surface area contributed by atoms with Gasteiger partial charge in [-0.3, -0.25) is 4.79 Å². The Balaban J connectivity index is 1.85. The van der Waals surface area contributed by atoms with Gasteiger partial charge in [-0.05, 0) is 57.4 Å². The molecule has 168 valence electrons. The van der Waals surface area contributed by atoms with Gasteiger partial charge in [-0.25, -0.2) is 9.79 Å². The highest BCUT2D eigenvalue weighted by molar-refractivity contribution is 8.13. The second-order valence-corrected chi connectivity index (χ2v) is 8.75. The molecule has 31 heavy (non-hydrogen) atoms. The van der Waals surface area contributed by atoms with E-state index in [1.54, 1.807) is 18.7 Å². The molecule has 8 heteroatoms. The van der Waals surface area contributed by atoms with Gasteiger partial charge in [0.2, 0.25) is 5.91 Å². The van der Waals surface area contributed by atoms with Crippen LogP contribution in [0.15, 0.2) is 40.5 Å². The van der Waals surface area contributed by atoms with Crippen LogP contribution in [0, 0.1) is 0 Å². The summed E-state index contributed by atoms with van der Waals surface area (Å²) < 4.78 is 5.36. The van der Waals surface area contributed by atoms with Gasteiger partial charge in [-0.2, -0.15) is 0 Å². The number of anilines is 1. The van der Waals surface area contributed by atoms with E-state index in [4.69, 9.17) is 15.5 Å². The van der Waals surface area contributed by atoms with E-state index in [9.17, 15) is 9.59 Å². The molecular formula is C23H32N4O3S. The Morgan fingerprint density at radius 3 is 2.94 bits per heavy atom. The molecule has 0 saturated carbocycles. The minimum atomic E-state index is -0.335. The van der Waals surface area contributed by atoms with Crippen molar-refractivity contribution >= 4 is 34.5 Å². The van der Waals surface area contributed by atoms with Gasteiger partial charge in [0.1, 0.15) is 0 Å². The van der Waals surface area contributed by atoms with Crippen LogP contribution in [-0.2, 0) is 14.3 Å². The molecule has 0 aromatic heterocycles. The summed E-state index contributed by atoms with van der Waals surface area (Å²) in [5, 5.41) is 3.94. The maximum absolute atomic E-state index is 12.8. The fraction of sp³-hybridized carbons (Fsp3) is 0.522. The van der Waals surface area contributed by atoms with Crippen molar-refractivity contribution in [2.45, 2.75) is 52.0 Å². The first-order valence-corrected chi connectivity index (χ1v) is 12.0. The number of nitrogens with two attached hydrogens (primary N) is 1. The van der Waals surface area contributed by atoms with Crippen LogP contribution in [0.5, 0.6) is 0 Å². The Morgan fingerprint density at radius 1 is 1.32 bits per heavy atom. The minimum absolute atomic E-state index is 0.00839. The fourth-order valence-electron chi connectivity index (χ4n) is 3.90. The number of carbonyl (C=O) groups is 2. The predicted octanol–water partition coefficient (Wildman–Crippen LogP) is 3.83. The Hall–Kier alpha value is -2.32. The van der Waals surface area contributed by atoms with Crippen molar-refractivity contribution in [3.8, 4) is 0 Å². The Kier molecular flexibility index (Phi) is 8.54. The van der Waals surface area contributed by atoms with E-state index in [1.807, 2.05) is 31.2 Å². The number of hydrogen-bond acceptors (Lipinski definition) is 7. The number of hydrogen-bond donors (Lipinski definition) is 2. The van der Waals surface area contributed by atoms with Crippen molar-refractivity contribution in [2.24, 2.45) is 10.7 Å². The SMILES string of the molecule is CCOC(=O)C1=C(C)N=C2SCCCN2C1c1cccc(NC(=O)CCCCCN)c1. The number of rotatable bonds is 9. The number of nitrogens with zero attached hydrogens (tertiary/aromatic N) is 2. The number of aliphatic imine (C=N–C) groups is 1. The second kappa shape index (κ2) is 11.3. The number of fused-ring (bicyclic) bond motifs is 1. The summed E-state index contributed by atoms with van der Waals surface area (Å²) in [7, 11) is 0. The van der Waals surface area contributed by atoms with E-state index in [2.05, 4.69) is 10.2 Å². The first kappa shape index (κ1) is 23.3. The minimum Gasteiger partial charge on any atom is -0.463 e. The normalized spacial score (nSPS) is 18.4. The summed E-state index contributed by atoms with van der Waals surface area (Å²) in [6.45, 7) is 5.46. The number of allylic oxidation sites excluding steroid dienone is 1. The Labute approximate surface area is 188 Å². The number of esters is 1. The van der Waals surface area contributed by atoms with Crippen molar-refractivity contribution in [3.05, 3.63) is 41.1 Å². The van der Waals surface area contributed by atoms with Crippen molar-refractivity contribution in [3.63, 3.8) is 0 Å². The van der Waals surface area contributed by atoms with Crippen molar-refractivity contribution in [1.29, 1.82) is 0 Å². The van der Waals surface area contributed by atoms with Gasteiger partial charge in [0.05, 0.1) is 23.9 Å². The van der Waals surface area contributed by atoms with Gasteiger partial charge in [-0.15, -0.1) is 0 Å². The van der Waals surface area contributed by atoms with Crippen molar-refractivity contribution in [2.75, 3.05) is 30.8 Å². The lowest BCUT2D eigenvalue weighted by atomic mass is 9.94. The zero-order valence-electron chi connectivity index (χ0n) is 18.4. The lowest BCUT2D eigenvalue weighted by Crippen LogP contribution is -2.42. The lowest BCUT2D eigenvalue weighted by Gasteiger charge is -2.40. The number of nitrogens with one attached hydrogen (secondary N) is 1. The molecule has 0 bridgehead atoms. The molecule has 2 aliphatic heterocycles. The smallest absolute Gasteiger partial charge is 0.338 e. The third kappa shape index (κ3) is 5.89. The average Bonchev–Trinajstić information content (AvgIpc) is 2.76. The second-order valence-electron chi connectivity index (χ2n) is 7.68. The molecule has 1 saturated heterocycles. The zero-order chi connectivity index (χ0) is 22.2. The number of ether oxygens (including phenoxy) is 1. The van der Waals surface area contributed by atoms with Gasteiger partial charge in [0, 0.05) is 24.4 Å². The number of amidine groups is 1. The molecule has 1 aromatic carbocycles. The van der Waals surface area contributed by atoms with Crippen LogP contribution in [-0.4, -0.2) is 47.4 Å². The molecule has 0 radical (unpaired) electrons. The number of amides is 1. The number of carbonyl (C=O) groups excluding carboxylic acids is 2. The predicted molar refractivity (Wildman–Crippen MR) is 126 cm³/mol. The largest absolute Gasteiger partial charge is 0.463 e. The summed E-state index contributed by atoms with van der Waals surface area (Å²) in [6, 6.07) is 7.47. The average molecular weight is 445 g/mol. The van der Waals surface area contributed by atoms with E-state index in [0.717, 1.165) is 54.4 Å². The van der Waals surface area contributed by atoms with E-state index >= 15 is 0 Å². The molecule has 1 unspecified atom stereocenters. The summed E-state index contributed by atoms with van der Waals surface area (Å²) in [5.74, 6) is 0.674. The summed E-state index contributed by atoms with van der Waals surface area (Å²) in [4.78, 5) is 32.1. The van der Waals surface area contributed by atoms with E-state index in [-0.39, 0.29) is 17.9 Å². The third-order valence-electron chi connectivity index (χ3n) is 5.35. The molecular weight excluding hydrogens is 412 g/mol. The quantitative estimate of drug-likeness (QED) is 0.444. The number of unbranched alkanes of at least 4 members (excludes halogenated alkanes) is 2. The van der Waals surface area contributed by atoms with Crippen molar-refractivity contribution < 1.29 is 14.3 Å². The van der Waals surface area contributed by atoms with Crippen LogP contribution in [0.2, 0.25) is 0 Å². The van der Waals surface area contributed by atoms with Gasteiger partial charge in [0.15, 0.2) is 5.17 Å². The standard InChI is InChI=1S/C23H32N4O3S/c1-3-30-22(29)20-16(2)25-23-27(13-8-14-31-23)21(20)17-9-7-10-18(15-17)26-19(28)11-5-4-6-12-24/h7,9-10,15,21H,3-6,8,11-14,24H2,1-2H3,(H,26,28). The van der Waals surface area contributed by atoms with Crippen LogP contribution in [0.25, 0.3) is 0 Å². The molecule has 0 aliphatic carbocycles. The monoisotopic (exact) mass is 444 g/mol. The van der Waals surface area contributed by atoms with E-state index in [0.29, 0.717) is 30.8 Å². The highest BCUT2D eigenvalue weighted by Gasteiger charge is 2.37. The maximum Gasteiger partial charge on any atom is 0.338 e. The summed E-state index contributed by atoms with van der Waals surface area (Å²) >= 11 is 1.72. The van der Waals surface area contributed by atoms with Crippen LogP contribution < -0.4 is 11.1 Å². The molecule has 3 N–H and O–H groups in total. The maximum atomic E-state index is 12.8. The molecule has 1 fully saturated rings. The van der Waals surface area contributed by atoms with Gasteiger partial charge < -0.3 is 20.7 Å². The molecule has 1 aromatic rings. The van der Waals surface area contributed by atoms with Gasteiger partial charge >= 0.3 is 5.97 Å². The van der Waals surface area contributed by atoms with Crippen LogP contribution in [0.4, 0.5) is 5.69 Å². The van der Waals surface area contributed by atoms with Crippen molar-refractivity contribution in [1.82, 2.24) is 4.90 Å². The molecule has 7 nitrogen and oxygen atoms in total. The van der Waals surface area contributed by atoms with Gasteiger partial charge in [-0.1, -0.05) is 30.3 Å². The number of benzene rings is 1. The molecule has 0 spiro atoms. The first-order chi connectivity index (χ1) is 15.0. The Bertz CT molecular complexity index is 868. The fourth-order valence-corrected chi connectivity index (χ4v) is 4.92. The molecule has 3 rings (SSSR count). The highest BCUT2D eigenvalue weighted by atomic mass is 32.2. The highest BCUT2D eigenvalue weighted by Crippen LogP contribution is 2.40. The molecule has 2 aliphatic rings. The molecule has 2 heterocycles. The first-order valence-electron chi connectivity index (χ1n) is 11.0. The summed E-state index contributed by atoms with van der Waals surface area (Å²) in [5.41, 5.74) is 8.45. The van der Waals surface area contributed by atoms with Gasteiger partial charge in [0.25, 0.3) is 0 Å². The van der Waals surface area contributed by atoms with Crippen LogP contribution >= 0.6 is 11.8 Å². The van der Waals surface area contributed by atoms with Crippen LogP contribution in [0.3, 0.4) is 0 Å². The zero-order valence-corrected chi connectivity index (χ0v) is 19.2. The Morgan fingerprint density at radius 2 is 2.16 bits per heavy atom. The summed E-state index contributed by atoms with van der Waals surface area (Å²) in [6.07, 6.45) is 4.21. The van der Waals surface area contributed by atoms with Crippen LogP contribution in [0.1, 0.15) is 57.6 Å². The lowest BCUT2D eigenvalue weighted by molar-refractivity contribution is -0.139. The van der Waals surface area contributed by atoms with E-state index in [1.165, 1.54) is 0 Å². The molecule has 1 atom stereocenters. The number of thioether (sulfide) groups is 1.